The van der Waals surface area contributed by atoms with Gasteiger partial charge in [0.2, 0.25) is 11.9 Å². The van der Waals surface area contributed by atoms with E-state index in [2.05, 4.69) is 61.1 Å². The number of amides is 4. The van der Waals surface area contributed by atoms with Crippen molar-refractivity contribution in [2.75, 3.05) is 36.9 Å². The normalized spacial score (nSPS) is 15.2. The number of phosphoric ester groups is 2. The number of aromatic nitrogens is 8. The van der Waals surface area contributed by atoms with Crippen molar-refractivity contribution in [1.82, 2.24) is 50.5 Å². The molecule has 0 spiro atoms. The van der Waals surface area contributed by atoms with E-state index in [4.69, 9.17) is 32.1 Å². The number of hydrogen-bond donors (Lipinski definition) is 6. The van der Waals surface area contributed by atoms with Crippen LogP contribution in [0.3, 0.4) is 0 Å². The van der Waals surface area contributed by atoms with E-state index in [9.17, 15) is 23.6 Å². The number of carbonyl (C=O) groups excluding carboxylic acids is 2. The Morgan fingerprint density at radius 1 is 0.600 bits per heavy atom. The summed E-state index contributed by atoms with van der Waals surface area (Å²) in [6.45, 7) is 11.6. The molecule has 0 radical (unpaired) electrons. The molecule has 500 valence electrons. The van der Waals surface area contributed by atoms with Crippen LogP contribution >= 0.6 is 15.6 Å². The van der Waals surface area contributed by atoms with E-state index in [-0.39, 0.29) is 126 Å². The van der Waals surface area contributed by atoms with Crippen LogP contribution in [-0.4, -0.2) is 78.2 Å². The minimum atomic E-state index is -4.73. The van der Waals surface area contributed by atoms with Gasteiger partial charge < -0.3 is 44.0 Å². The second-order valence-corrected chi connectivity index (χ2v) is 25.1. The van der Waals surface area contributed by atoms with Gasteiger partial charge in [-0.1, -0.05) is 106 Å². The predicted octanol–water partition coefficient (Wildman–Crippen LogP) is 11.3. The van der Waals surface area contributed by atoms with Crippen LogP contribution in [-0.2, 0) is 93.3 Å². The Kier molecular flexibility index (Phi) is 28.2. The molecule has 2 aliphatic rings. The van der Waals surface area contributed by atoms with Crippen LogP contribution in [0.25, 0.3) is 44.3 Å². The van der Waals surface area contributed by atoms with Crippen molar-refractivity contribution >= 4 is 61.7 Å². The largest absolute Gasteiger partial charge is 1.00 e. The van der Waals surface area contributed by atoms with Gasteiger partial charge in [0.15, 0.2) is 11.6 Å². The van der Waals surface area contributed by atoms with Crippen LogP contribution in [0.2, 0.25) is 0 Å². The molecular weight excluding hydrogens is 1450 g/mol. The van der Waals surface area contributed by atoms with Gasteiger partial charge >= 0.3 is 49.4 Å². The van der Waals surface area contributed by atoms with Crippen LogP contribution in [0.15, 0.2) is 128 Å². The molecule has 4 aromatic heterocycles. The molecule has 2 aliphatic heterocycles. The Bertz CT molecular complexity index is 4040. The fraction of sp³-hybridized carbons (Fsp3) is 0.354. The third-order valence-electron chi connectivity index (χ3n) is 14.5. The number of anilines is 2. The summed E-state index contributed by atoms with van der Waals surface area (Å²) in [7, 11) is -8.90. The van der Waals surface area contributed by atoms with Gasteiger partial charge in [0.1, 0.15) is 22.8 Å². The molecule has 2 saturated heterocycles. The maximum absolute atomic E-state index is 16.4. The SMILES string of the molecule is C.C.CCNC(=O)Nc1nc2c([C@H]3CCCO3)c(F)c(-c3cnc(C(C)(C)OP(=O)(OCc4ccccc4)OCc4ccccc4)nc3)cc2[nH]1.CCNC(=O)Nc1nc2c([C@H]3CCCO3)c(F)c(-c3cnc(C(C)(C)OP(=O)([O-])OCc4ccccc4)nc3)cc2[nH]1.[Na+].[W]. The topological polar surface area (TPSA) is 313 Å². The molecule has 4 amide bonds. The third kappa shape index (κ3) is 19.8. The zero-order valence-electron chi connectivity index (χ0n) is 52.2. The molecule has 1 unspecified atom stereocenters. The van der Waals surface area contributed by atoms with Crippen molar-refractivity contribution in [3.63, 3.8) is 0 Å². The van der Waals surface area contributed by atoms with Gasteiger partial charge in [-0.25, -0.2) is 52.8 Å². The molecular formula is C65H77F2N12NaO12P2W. The maximum atomic E-state index is 16.4. The van der Waals surface area contributed by atoms with Crippen LogP contribution in [0.4, 0.5) is 30.3 Å². The number of H-pyrrole nitrogens is 2. The minimum Gasteiger partial charge on any atom is -0.756 e. The number of phosphoric acid groups is 2. The zero-order valence-corrected chi connectivity index (χ0v) is 58.9. The van der Waals surface area contributed by atoms with Crippen LogP contribution in [0.5, 0.6) is 0 Å². The summed E-state index contributed by atoms with van der Waals surface area (Å²) < 4.78 is 98.7. The number of fused-ring (bicyclic) bond motifs is 2. The van der Waals surface area contributed by atoms with Crippen molar-refractivity contribution in [1.29, 1.82) is 0 Å². The van der Waals surface area contributed by atoms with Crippen LogP contribution in [0, 0.1) is 11.6 Å². The molecule has 2 fully saturated rings. The standard InChI is InChI=1S/C35H38FN6O6P.C28H32FN6O6P.2CH4.Na.W/c1-4-37-34(43)42-33-40-27-18-26(30(36)29(31(27)41-33)28-16-11-17-45-28)25-19-38-32(39-20-25)35(2,3)48-49(44,46-21-23-12-7-5-8-13-23)47-22-24-14-9-6-10-15-24;1-4-30-27(36)35-26-33-20-13-19(23(29)22(24(20)34-26)21-11-8-12-39-21)18-14-31-25(32-15-18)28(2,3)41-42(37,38)40-16-17-9-6-5-7-10-17;;;;/h5-10,12-15,18-20,28H,4,11,16-17,21-22H2,1-3H3,(H3,37,40,41,42,43);5-7,9-10,13-15,21H,4,8,11-12,16H2,1-3H3,(H,37,38)(H3,30,33,34,35,36);2*1H4;;/q;;;;+1;/p-1/t28-;21-;;;;/m11..../s1. The van der Waals surface area contributed by atoms with Crippen molar-refractivity contribution < 1.29 is 115 Å². The molecule has 9 aromatic rings. The predicted molar refractivity (Wildman–Crippen MR) is 346 cm³/mol. The number of hydrogen-bond acceptors (Lipinski definition) is 18. The van der Waals surface area contributed by atoms with Gasteiger partial charge in [-0.15, -0.1) is 0 Å². The molecule has 0 aliphatic carbocycles. The van der Waals surface area contributed by atoms with E-state index < -0.39 is 62.8 Å². The van der Waals surface area contributed by atoms with E-state index in [1.165, 1.54) is 38.6 Å². The number of rotatable bonds is 23. The second kappa shape index (κ2) is 34.6. The van der Waals surface area contributed by atoms with E-state index in [0.717, 1.165) is 24.0 Å². The summed E-state index contributed by atoms with van der Waals surface area (Å²) in [4.78, 5) is 69.3. The Labute approximate surface area is 586 Å². The fourth-order valence-electron chi connectivity index (χ4n) is 10.2. The molecule has 95 heavy (non-hydrogen) atoms. The molecule has 11 rings (SSSR count). The summed E-state index contributed by atoms with van der Waals surface area (Å²) in [5.74, 6) is -0.490. The summed E-state index contributed by atoms with van der Waals surface area (Å²) in [6.07, 6.45) is 7.51. The van der Waals surface area contributed by atoms with Gasteiger partial charge in [0, 0.05) is 106 Å². The van der Waals surface area contributed by atoms with Crippen molar-refractivity contribution in [3.8, 4) is 22.3 Å². The van der Waals surface area contributed by atoms with E-state index in [1.807, 2.05) is 66.7 Å². The summed E-state index contributed by atoms with van der Waals surface area (Å²) in [5.41, 5.74) is 2.86. The molecule has 6 N–H and O–H groups in total. The first-order chi connectivity index (χ1) is 43.7. The number of nitrogens with zero attached hydrogens (tertiary/aromatic N) is 6. The zero-order chi connectivity index (χ0) is 64.3. The molecule has 30 heteroatoms. The number of benzene rings is 5. The quantitative estimate of drug-likeness (QED) is 0.0256. The summed E-state index contributed by atoms with van der Waals surface area (Å²) in [5, 5.41) is 10.5. The van der Waals surface area contributed by atoms with Crippen molar-refractivity contribution in [2.45, 2.75) is 125 Å². The number of nitrogens with one attached hydrogen (secondary N) is 6. The monoisotopic (exact) mass is 1520 g/mol. The first-order valence-electron chi connectivity index (χ1n) is 29.5. The van der Waals surface area contributed by atoms with Gasteiger partial charge in [-0.2, -0.15) is 0 Å². The molecule has 5 aromatic carbocycles. The molecule has 6 heterocycles. The third-order valence-corrected chi connectivity index (χ3v) is 17.2. The summed E-state index contributed by atoms with van der Waals surface area (Å²) >= 11 is 0. The Balaban J connectivity index is 0.000000292. The van der Waals surface area contributed by atoms with E-state index in [0.29, 0.717) is 83.5 Å². The van der Waals surface area contributed by atoms with Gasteiger partial charge in [-0.05, 0) is 96.0 Å². The van der Waals surface area contributed by atoms with E-state index >= 15 is 8.78 Å². The first kappa shape index (κ1) is 77.4. The number of halogens is 2. The van der Waals surface area contributed by atoms with Gasteiger partial charge in [-0.3, -0.25) is 28.8 Å². The Hall–Kier alpha value is -6.57. The average molecular weight is 1530 g/mol. The minimum absolute atomic E-state index is 0. The smallest absolute Gasteiger partial charge is 0.756 e. The number of imidazole rings is 2. The molecule has 3 atom stereocenters. The summed E-state index contributed by atoms with van der Waals surface area (Å²) in [6, 6.07) is 29.7. The Morgan fingerprint density at radius 3 is 1.31 bits per heavy atom. The number of carbonyl (C=O) groups is 2. The maximum Gasteiger partial charge on any atom is 1.00 e. The van der Waals surface area contributed by atoms with Gasteiger partial charge in [0.25, 0.3) is 7.82 Å². The molecule has 24 nitrogen and oxygen atoms in total. The Morgan fingerprint density at radius 2 is 0.958 bits per heavy atom. The average Bonchev–Trinajstić information content (AvgIpc) is 1.69. The van der Waals surface area contributed by atoms with Crippen molar-refractivity contribution in [3.05, 3.63) is 179 Å². The van der Waals surface area contributed by atoms with Crippen LogP contribution < -0.4 is 55.7 Å². The fourth-order valence-corrected chi connectivity index (χ4v) is 12.6. The first-order valence-corrected chi connectivity index (χ1v) is 32.4. The molecule has 0 saturated carbocycles. The second-order valence-electron chi connectivity index (χ2n) is 22.2. The number of ether oxygens (including phenoxy) is 2. The number of aromatic amines is 2. The molecule has 0 bridgehead atoms. The van der Waals surface area contributed by atoms with Crippen LogP contribution in [0.1, 0.15) is 134 Å². The van der Waals surface area contributed by atoms with E-state index in [1.54, 1.807) is 64.1 Å². The number of urea groups is 2. The van der Waals surface area contributed by atoms with Gasteiger partial charge in [0.05, 0.1) is 54.1 Å². The van der Waals surface area contributed by atoms with Crippen molar-refractivity contribution in [2.24, 2.45) is 0 Å².